The van der Waals surface area contributed by atoms with E-state index in [1.807, 2.05) is 0 Å². The molecule has 1 aromatic carbocycles. The molecule has 14 heavy (non-hydrogen) atoms. The van der Waals surface area contributed by atoms with Crippen molar-refractivity contribution < 1.29 is 18.7 Å². The maximum absolute atomic E-state index is 11.9. The summed E-state index contributed by atoms with van der Waals surface area (Å²) >= 11 is 0. The Bertz CT molecular complexity index is 263. The molecule has 0 bridgehead atoms. The Morgan fingerprint density at radius 3 is 2.64 bits per heavy atom. The SMILES string of the molecule is CN(O)Cc1ccccc1OC(F)F. The van der Waals surface area contributed by atoms with Crippen molar-refractivity contribution >= 4 is 0 Å². The molecule has 1 rings (SSSR count). The first-order valence-electron chi connectivity index (χ1n) is 4.02. The maximum Gasteiger partial charge on any atom is 0.387 e. The fourth-order valence-electron chi connectivity index (χ4n) is 1.09. The molecule has 3 nitrogen and oxygen atoms in total. The zero-order chi connectivity index (χ0) is 10.6. The second kappa shape index (κ2) is 4.88. The smallest absolute Gasteiger partial charge is 0.387 e. The van der Waals surface area contributed by atoms with Gasteiger partial charge < -0.3 is 9.94 Å². The van der Waals surface area contributed by atoms with E-state index >= 15 is 0 Å². The summed E-state index contributed by atoms with van der Waals surface area (Å²) in [6, 6.07) is 6.34. The number of hydrogen-bond donors (Lipinski definition) is 1. The van der Waals surface area contributed by atoms with Gasteiger partial charge in [-0.1, -0.05) is 18.2 Å². The van der Waals surface area contributed by atoms with Crippen LogP contribution in [0.4, 0.5) is 8.78 Å². The lowest BCUT2D eigenvalue weighted by atomic mass is 10.2. The van der Waals surface area contributed by atoms with Crippen molar-refractivity contribution in [3.63, 3.8) is 0 Å². The number of rotatable bonds is 4. The average molecular weight is 203 g/mol. The minimum absolute atomic E-state index is 0.0865. The van der Waals surface area contributed by atoms with Gasteiger partial charge in [0.25, 0.3) is 0 Å². The first-order valence-corrected chi connectivity index (χ1v) is 4.02. The van der Waals surface area contributed by atoms with Crippen LogP contribution < -0.4 is 4.74 Å². The summed E-state index contributed by atoms with van der Waals surface area (Å²) in [7, 11) is 1.43. The number of hydroxylamine groups is 2. The summed E-state index contributed by atoms with van der Waals surface area (Å²) in [5, 5.41) is 9.85. The fraction of sp³-hybridized carbons (Fsp3) is 0.333. The van der Waals surface area contributed by atoms with Crippen LogP contribution in [0.25, 0.3) is 0 Å². The van der Waals surface area contributed by atoms with E-state index in [1.54, 1.807) is 18.2 Å². The molecule has 0 fully saturated rings. The fourth-order valence-corrected chi connectivity index (χ4v) is 1.09. The largest absolute Gasteiger partial charge is 0.434 e. The third-order valence-electron chi connectivity index (χ3n) is 1.59. The quantitative estimate of drug-likeness (QED) is 0.761. The number of hydrogen-bond acceptors (Lipinski definition) is 3. The van der Waals surface area contributed by atoms with Crippen LogP contribution in [-0.2, 0) is 6.54 Å². The molecule has 1 aromatic rings. The predicted molar refractivity (Wildman–Crippen MR) is 46.3 cm³/mol. The Morgan fingerprint density at radius 1 is 1.43 bits per heavy atom. The number of halogens is 2. The van der Waals surface area contributed by atoms with Crippen LogP contribution in [0.15, 0.2) is 24.3 Å². The molecule has 1 N–H and O–H groups in total. The van der Waals surface area contributed by atoms with E-state index in [2.05, 4.69) is 4.74 Å². The number of ether oxygens (including phenoxy) is 1. The highest BCUT2D eigenvalue weighted by Crippen LogP contribution is 2.20. The Labute approximate surface area is 80.5 Å². The Balaban J connectivity index is 2.80. The van der Waals surface area contributed by atoms with Gasteiger partial charge in [-0.3, -0.25) is 0 Å². The van der Waals surface area contributed by atoms with Crippen LogP contribution in [0.2, 0.25) is 0 Å². The van der Waals surface area contributed by atoms with Gasteiger partial charge in [0, 0.05) is 12.6 Å². The number of alkyl halides is 2. The summed E-state index contributed by atoms with van der Waals surface area (Å²) in [6.07, 6.45) is 0. The van der Waals surface area contributed by atoms with Crippen molar-refractivity contribution in [3.05, 3.63) is 29.8 Å². The Kier molecular flexibility index (Phi) is 3.79. The molecule has 0 aliphatic heterocycles. The number of benzene rings is 1. The Morgan fingerprint density at radius 2 is 2.07 bits per heavy atom. The monoisotopic (exact) mass is 203 g/mol. The molecule has 0 amide bonds. The van der Waals surface area contributed by atoms with Crippen LogP contribution in [-0.4, -0.2) is 23.9 Å². The van der Waals surface area contributed by atoms with Gasteiger partial charge in [0.05, 0.1) is 6.54 Å². The van der Waals surface area contributed by atoms with Gasteiger partial charge in [0.2, 0.25) is 0 Å². The van der Waals surface area contributed by atoms with Crippen molar-refractivity contribution in [1.82, 2.24) is 5.06 Å². The number of nitrogens with zero attached hydrogens (tertiary/aromatic N) is 1. The van der Waals surface area contributed by atoms with Crippen molar-refractivity contribution in [1.29, 1.82) is 0 Å². The molecule has 0 saturated carbocycles. The lowest BCUT2D eigenvalue weighted by Crippen LogP contribution is -2.13. The van der Waals surface area contributed by atoms with E-state index in [0.717, 1.165) is 5.06 Å². The minimum Gasteiger partial charge on any atom is -0.434 e. The van der Waals surface area contributed by atoms with Crippen molar-refractivity contribution in [2.45, 2.75) is 13.2 Å². The van der Waals surface area contributed by atoms with E-state index in [9.17, 15) is 8.78 Å². The molecule has 78 valence electrons. The first-order chi connectivity index (χ1) is 6.59. The second-order valence-electron chi connectivity index (χ2n) is 2.80. The molecule has 5 heteroatoms. The summed E-state index contributed by atoms with van der Waals surface area (Å²) in [4.78, 5) is 0. The van der Waals surface area contributed by atoms with Crippen molar-refractivity contribution in [2.24, 2.45) is 0 Å². The van der Waals surface area contributed by atoms with Crippen LogP contribution in [0.1, 0.15) is 5.56 Å². The zero-order valence-electron chi connectivity index (χ0n) is 7.65. The molecule has 0 unspecified atom stereocenters. The third-order valence-corrected chi connectivity index (χ3v) is 1.59. The van der Waals surface area contributed by atoms with E-state index < -0.39 is 6.61 Å². The normalized spacial score (nSPS) is 11.0. The number of para-hydroxylation sites is 1. The minimum atomic E-state index is -2.85. The second-order valence-corrected chi connectivity index (χ2v) is 2.80. The van der Waals surface area contributed by atoms with Crippen LogP contribution >= 0.6 is 0 Å². The van der Waals surface area contributed by atoms with Crippen molar-refractivity contribution in [3.8, 4) is 5.75 Å². The molecule has 0 heterocycles. The van der Waals surface area contributed by atoms with Gasteiger partial charge in [-0.2, -0.15) is 13.8 Å². The molecule has 0 atom stereocenters. The highest BCUT2D eigenvalue weighted by Gasteiger charge is 2.09. The lowest BCUT2D eigenvalue weighted by Gasteiger charge is -2.12. The molecule has 0 saturated heterocycles. The first kappa shape index (κ1) is 10.9. The molecule has 0 spiro atoms. The van der Waals surface area contributed by atoms with E-state index in [-0.39, 0.29) is 12.3 Å². The predicted octanol–water partition coefficient (Wildman–Crippen LogP) is 2.11. The summed E-state index contributed by atoms with van der Waals surface area (Å²) in [6.45, 7) is -2.71. The standard InChI is InChI=1S/C9H11F2NO2/c1-12(13)6-7-4-2-3-5-8(7)14-9(10)11/h2-5,9,13H,6H2,1H3. The lowest BCUT2D eigenvalue weighted by molar-refractivity contribution is -0.0774. The van der Waals surface area contributed by atoms with Crippen LogP contribution in [0.3, 0.4) is 0 Å². The van der Waals surface area contributed by atoms with E-state index in [1.165, 1.54) is 13.1 Å². The molecule has 0 aliphatic rings. The van der Waals surface area contributed by atoms with E-state index in [4.69, 9.17) is 5.21 Å². The van der Waals surface area contributed by atoms with Gasteiger partial charge in [0.1, 0.15) is 5.75 Å². The Hall–Kier alpha value is -1.20. The summed E-state index contributed by atoms with van der Waals surface area (Å²) in [5.41, 5.74) is 0.512. The zero-order valence-corrected chi connectivity index (χ0v) is 7.65. The van der Waals surface area contributed by atoms with Crippen molar-refractivity contribution in [2.75, 3.05) is 7.05 Å². The molecular weight excluding hydrogens is 192 g/mol. The molecule has 0 aromatic heterocycles. The van der Waals surface area contributed by atoms with Gasteiger partial charge in [-0.05, 0) is 6.07 Å². The highest BCUT2D eigenvalue weighted by molar-refractivity contribution is 5.33. The van der Waals surface area contributed by atoms with Gasteiger partial charge >= 0.3 is 6.61 Å². The summed E-state index contributed by atoms with van der Waals surface area (Å²) < 4.78 is 28.2. The van der Waals surface area contributed by atoms with Crippen LogP contribution in [0.5, 0.6) is 5.75 Å². The van der Waals surface area contributed by atoms with E-state index in [0.29, 0.717) is 5.56 Å². The molecular formula is C9H11F2NO2. The average Bonchev–Trinajstić information content (AvgIpc) is 2.06. The van der Waals surface area contributed by atoms with Gasteiger partial charge in [0.15, 0.2) is 0 Å². The molecule has 0 aliphatic carbocycles. The third kappa shape index (κ3) is 3.27. The highest BCUT2D eigenvalue weighted by atomic mass is 19.3. The summed E-state index contributed by atoms with van der Waals surface area (Å²) in [5.74, 6) is 0.0865. The van der Waals surface area contributed by atoms with Crippen LogP contribution in [0, 0.1) is 0 Å². The topological polar surface area (TPSA) is 32.7 Å². The van der Waals surface area contributed by atoms with Gasteiger partial charge in [-0.15, -0.1) is 0 Å². The maximum atomic E-state index is 11.9. The molecule has 0 radical (unpaired) electrons. The van der Waals surface area contributed by atoms with Gasteiger partial charge in [-0.25, -0.2) is 0 Å².